The quantitative estimate of drug-likeness (QED) is 0.731. The number of carbonyl (C=O) groups excluding carboxylic acids is 2. The lowest BCUT2D eigenvalue weighted by molar-refractivity contribution is -0.144. The van der Waals surface area contributed by atoms with Crippen LogP contribution < -0.4 is 0 Å². The van der Waals surface area contributed by atoms with E-state index in [1.807, 2.05) is 0 Å². The number of methoxy groups -OCH3 is 1. The lowest BCUT2D eigenvalue weighted by Crippen LogP contribution is -2.36. The minimum Gasteiger partial charge on any atom is -0.468 e. The molecule has 0 saturated heterocycles. The van der Waals surface area contributed by atoms with Crippen LogP contribution in [-0.4, -0.2) is 31.4 Å². The zero-order valence-electron chi connectivity index (χ0n) is 14.4. The summed E-state index contributed by atoms with van der Waals surface area (Å²) in [6, 6.07) is 5.10. The van der Waals surface area contributed by atoms with Crippen molar-refractivity contribution in [3.63, 3.8) is 0 Å². The smallest absolute Gasteiger partial charge is 0.336 e. The molecule has 0 aliphatic carbocycles. The number of nitrogens with zero attached hydrogens (tertiary/aromatic N) is 1. The van der Waals surface area contributed by atoms with Gasteiger partial charge in [0.05, 0.1) is 29.3 Å². The average molecular weight is 384 g/mol. The molecule has 0 N–H and O–H groups in total. The van der Waals surface area contributed by atoms with Crippen LogP contribution in [-0.2, 0) is 19.1 Å². The largest absolute Gasteiger partial charge is 0.468 e. The average Bonchev–Trinajstić information content (AvgIpc) is 2.56. The number of benzene rings is 1. The highest BCUT2D eigenvalue weighted by molar-refractivity contribution is 6.42. The van der Waals surface area contributed by atoms with Crippen LogP contribution in [0.2, 0.25) is 10.0 Å². The van der Waals surface area contributed by atoms with Crippen molar-refractivity contribution in [1.29, 1.82) is 0 Å². The number of ether oxygens (including phenoxy) is 2. The predicted octanol–water partition coefficient (Wildman–Crippen LogP) is 4.18. The molecule has 2 unspecified atom stereocenters. The molecule has 0 radical (unpaired) electrons. The SMILES string of the molecule is CCOC(=O)C1=C(C)N=C(C)C(C(=O)OC)C1c1cccc(Cl)c1Cl. The van der Waals surface area contributed by atoms with E-state index in [9.17, 15) is 9.59 Å². The summed E-state index contributed by atoms with van der Waals surface area (Å²) in [5, 5.41) is 0.621. The molecule has 0 bridgehead atoms. The molecular formula is C18H19Cl2NO4. The molecule has 0 amide bonds. The third-order valence-electron chi connectivity index (χ3n) is 4.10. The van der Waals surface area contributed by atoms with Gasteiger partial charge in [-0.25, -0.2) is 4.79 Å². The van der Waals surface area contributed by atoms with Crippen molar-refractivity contribution in [2.45, 2.75) is 26.7 Å². The minimum absolute atomic E-state index is 0.206. The van der Waals surface area contributed by atoms with Gasteiger partial charge in [-0.2, -0.15) is 0 Å². The first kappa shape index (κ1) is 19.5. The Bertz CT molecular complexity index is 770. The molecule has 2 rings (SSSR count). The molecule has 1 aliphatic rings. The summed E-state index contributed by atoms with van der Waals surface area (Å²) in [4.78, 5) is 29.4. The topological polar surface area (TPSA) is 65.0 Å². The Kier molecular flexibility index (Phi) is 6.25. The fraction of sp³-hybridized carbons (Fsp3) is 0.389. The van der Waals surface area contributed by atoms with E-state index < -0.39 is 23.8 Å². The zero-order valence-corrected chi connectivity index (χ0v) is 15.9. The van der Waals surface area contributed by atoms with Gasteiger partial charge in [-0.05, 0) is 32.4 Å². The first-order valence-electron chi connectivity index (χ1n) is 7.78. The Morgan fingerprint density at radius 1 is 1.24 bits per heavy atom. The van der Waals surface area contributed by atoms with E-state index >= 15 is 0 Å². The molecule has 0 saturated carbocycles. The number of aliphatic imine (C=N–C) groups is 1. The number of allylic oxidation sites excluding steroid dienone is 1. The molecule has 0 aromatic heterocycles. The molecule has 7 heteroatoms. The van der Waals surface area contributed by atoms with Crippen LogP contribution in [0.5, 0.6) is 0 Å². The standard InChI is InChI=1S/C18H19Cl2NO4/c1-5-25-18(23)14-10(3)21-9(2)13(17(22)24-4)15(14)11-7-6-8-12(19)16(11)20/h6-8,13,15H,5H2,1-4H3. The van der Waals surface area contributed by atoms with Crippen molar-refractivity contribution in [2.75, 3.05) is 13.7 Å². The highest BCUT2D eigenvalue weighted by atomic mass is 35.5. The second-order valence-corrected chi connectivity index (χ2v) is 6.38. The number of hydrogen-bond donors (Lipinski definition) is 0. The van der Waals surface area contributed by atoms with Gasteiger partial charge in [-0.15, -0.1) is 0 Å². The third-order valence-corrected chi connectivity index (χ3v) is 4.93. The Hall–Kier alpha value is -1.85. The van der Waals surface area contributed by atoms with E-state index in [1.165, 1.54) is 7.11 Å². The normalized spacial score (nSPS) is 20.2. The zero-order chi connectivity index (χ0) is 18.7. The molecule has 5 nitrogen and oxygen atoms in total. The van der Waals surface area contributed by atoms with Gasteiger partial charge in [-0.1, -0.05) is 35.3 Å². The fourth-order valence-corrected chi connectivity index (χ4v) is 3.47. The maximum atomic E-state index is 12.6. The van der Waals surface area contributed by atoms with Crippen LogP contribution >= 0.6 is 23.2 Å². The second kappa shape index (κ2) is 8.02. The number of rotatable bonds is 4. The van der Waals surface area contributed by atoms with Gasteiger partial charge in [0.1, 0.15) is 5.92 Å². The molecular weight excluding hydrogens is 365 g/mol. The maximum Gasteiger partial charge on any atom is 0.336 e. The van der Waals surface area contributed by atoms with Gasteiger partial charge in [0.25, 0.3) is 0 Å². The van der Waals surface area contributed by atoms with Crippen LogP contribution in [0.25, 0.3) is 0 Å². The van der Waals surface area contributed by atoms with Crippen molar-refractivity contribution in [2.24, 2.45) is 10.9 Å². The number of hydrogen-bond acceptors (Lipinski definition) is 5. The number of carbonyl (C=O) groups is 2. The molecule has 134 valence electrons. The van der Waals surface area contributed by atoms with Crippen molar-refractivity contribution >= 4 is 40.9 Å². The Morgan fingerprint density at radius 2 is 1.92 bits per heavy atom. The fourth-order valence-electron chi connectivity index (χ4n) is 3.04. The Balaban J connectivity index is 2.72. The summed E-state index contributed by atoms with van der Waals surface area (Å²) in [5.41, 5.74) is 1.86. The summed E-state index contributed by atoms with van der Waals surface area (Å²) in [7, 11) is 1.29. The molecule has 1 aromatic rings. The lowest BCUT2D eigenvalue weighted by atomic mass is 9.75. The summed E-state index contributed by atoms with van der Waals surface area (Å²) >= 11 is 12.5. The van der Waals surface area contributed by atoms with Crippen LogP contribution in [0.3, 0.4) is 0 Å². The highest BCUT2D eigenvalue weighted by Crippen LogP contribution is 2.44. The van der Waals surface area contributed by atoms with Crippen molar-refractivity contribution in [3.05, 3.63) is 45.1 Å². The van der Waals surface area contributed by atoms with E-state index in [4.69, 9.17) is 32.7 Å². The first-order chi connectivity index (χ1) is 11.8. The summed E-state index contributed by atoms with van der Waals surface area (Å²) in [6.07, 6.45) is 0. The van der Waals surface area contributed by atoms with E-state index in [-0.39, 0.29) is 17.2 Å². The molecule has 25 heavy (non-hydrogen) atoms. The minimum atomic E-state index is -0.788. The number of esters is 2. The van der Waals surface area contributed by atoms with Crippen molar-refractivity contribution in [1.82, 2.24) is 0 Å². The van der Waals surface area contributed by atoms with E-state index in [2.05, 4.69) is 4.99 Å². The predicted molar refractivity (Wildman–Crippen MR) is 97.2 cm³/mol. The lowest BCUT2D eigenvalue weighted by Gasteiger charge is -2.31. The van der Waals surface area contributed by atoms with E-state index in [1.54, 1.807) is 39.0 Å². The number of halogens is 2. The van der Waals surface area contributed by atoms with E-state index in [0.717, 1.165) is 0 Å². The summed E-state index contributed by atoms with van der Waals surface area (Å²) in [5.74, 6) is -2.51. The van der Waals surface area contributed by atoms with Crippen LogP contribution in [0, 0.1) is 5.92 Å². The van der Waals surface area contributed by atoms with Gasteiger partial charge in [0, 0.05) is 17.3 Å². The second-order valence-electron chi connectivity index (χ2n) is 5.59. The maximum absolute atomic E-state index is 12.6. The van der Waals surface area contributed by atoms with Gasteiger partial charge in [0.2, 0.25) is 0 Å². The molecule has 0 fully saturated rings. The van der Waals surface area contributed by atoms with E-state index in [0.29, 0.717) is 22.0 Å². The monoisotopic (exact) mass is 383 g/mol. The van der Waals surface area contributed by atoms with Crippen LogP contribution in [0.1, 0.15) is 32.3 Å². The third kappa shape index (κ3) is 3.72. The van der Waals surface area contributed by atoms with Crippen LogP contribution in [0.4, 0.5) is 0 Å². The summed E-state index contributed by atoms with van der Waals surface area (Å²) < 4.78 is 10.1. The highest BCUT2D eigenvalue weighted by Gasteiger charge is 2.43. The van der Waals surface area contributed by atoms with Gasteiger partial charge < -0.3 is 9.47 Å². The van der Waals surface area contributed by atoms with Crippen LogP contribution in [0.15, 0.2) is 34.5 Å². The molecule has 1 aliphatic heterocycles. The van der Waals surface area contributed by atoms with Gasteiger partial charge >= 0.3 is 11.9 Å². The summed E-state index contributed by atoms with van der Waals surface area (Å²) in [6.45, 7) is 5.34. The molecule has 1 heterocycles. The Labute approximate surface area is 156 Å². The molecule has 0 spiro atoms. The van der Waals surface area contributed by atoms with Crippen molar-refractivity contribution < 1.29 is 19.1 Å². The van der Waals surface area contributed by atoms with Gasteiger partial charge in [0.15, 0.2) is 0 Å². The molecule has 1 aromatic carbocycles. The first-order valence-corrected chi connectivity index (χ1v) is 8.53. The van der Waals surface area contributed by atoms with Gasteiger partial charge in [-0.3, -0.25) is 9.79 Å². The Morgan fingerprint density at radius 3 is 2.52 bits per heavy atom. The molecule has 2 atom stereocenters. The van der Waals surface area contributed by atoms with Crippen molar-refractivity contribution in [3.8, 4) is 0 Å².